The van der Waals surface area contributed by atoms with Gasteiger partial charge in [-0.2, -0.15) is 5.10 Å². The van der Waals surface area contributed by atoms with Crippen molar-refractivity contribution in [2.24, 2.45) is 0 Å². The Morgan fingerprint density at radius 1 is 1.39 bits per heavy atom. The Labute approximate surface area is 125 Å². The first-order valence-corrected chi connectivity index (χ1v) is 10.7. The van der Waals surface area contributed by atoms with Crippen molar-refractivity contribution in [3.05, 3.63) is 25.0 Å². The number of nitrogens with zero attached hydrogens (tertiary/aromatic N) is 2. The average Bonchev–Trinajstić information content (AvgIpc) is 2.26. The van der Waals surface area contributed by atoms with Crippen LogP contribution < -0.4 is 5.56 Å². The predicted molar refractivity (Wildman–Crippen MR) is 80.3 cm³/mol. The number of halogens is 3. The van der Waals surface area contributed by atoms with Gasteiger partial charge >= 0.3 is 0 Å². The maximum absolute atomic E-state index is 11.8. The normalized spacial score (nSPS) is 11.9. The Morgan fingerprint density at radius 2 is 2.00 bits per heavy atom. The fraction of sp³-hybridized carbons (Fsp3) is 0.600. The number of ether oxygens (including phenoxy) is 1. The van der Waals surface area contributed by atoms with E-state index in [-0.39, 0.29) is 26.9 Å². The van der Waals surface area contributed by atoms with Gasteiger partial charge in [0.1, 0.15) is 11.2 Å². The molecule has 0 radical (unpaired) electrons. The molecule has 1 rings (SSSR count). The molecular formula is C10H15BrCl2N2O2Si. The Bertz CT molecular complexity index is 488. The van der Waals surface area contributed by atoms with Gasteiger partial charge in [-0.15, -0.1) is 0 Å². The highest BCUT2D eigenvalue weighted by molar-refractivity contribution is 9.10. The van der Waals surface area contributed by atoms with Crippen molar-refractivity contribution in [2.45, 2.75) is 32.4 Å². The Hall–Kier alpha value is 0.117. The number of hydrogen-bond donors (Lipinski definition) is 0. The van der Waals surface area contributed by atoms with Gasteiger partial charge in [-0.05, 0) is 22.0 Å². The van der Waals surface area contributed by atoms with Crippen molar-refractivity contribution in [1.82, 2.24) is 9.78 Å². The maximum Gasteiger partial charge on any atom is 0.284 e. The molecule has 4 nitrogen and oxygen atoms in total. The third-order valence-corrected chi connectivity index (χ3v) is 5.61. The molecule has 0 spiro atoms. The van der Waals surface area contributed by atoms with E-state index in [2.05, 4.69) is 40.7 Å². The zero-order valence-corrected chi connectivity index (χ0v) is 14.6. The number of aromatic nitrogens is 2. The largest absolute Gasteiger partial charge is 0.359 e. The lowest BCUT2D eigenvalue weighted by atomic mass is 10.6. The summed E-state index contributed by atoms with van der Waals surface area (Å²) in [5, 5.41) is 4.07. The van der Waals surface area contributed by atoms with Crippen molar-refractivity contribution in [3.8, 4) is 0 Å². The van der Waals surface area contributed by atoms with E-state index >= 15 is 0 Å². The van der Waals surface area contributed by atoms with E-state index in [4.69, 9.17) is 27.9 Å². The molecule has 0 aliphatic carbocycles. The van der Waals surface area contributed by atoms with Gasteiger partial charge in [0.15, 0.2) is 5.15 Å². The molecule has 1 aromatic heterocycles. The Morgan fingerprint density at radius 3 is 2.56 bits per heavy atom. The van der Waals surface area contributed by atoms with Crippen LogP contribution in [0.3, 0.4) is 0 Å². The van der Waals surface area contributed by atoms with Gasteiger partial charge in [-0.1, -0.05) is 42.8 Å². The fourth-order valence-corrected chi connectivity index (χ4v) is 2.68. The highest BCUT2D eigenvalue weighted by Gasteiger charge is 2.14. The topological polar surface area (TPSA) is 44.1 Å². The van der Waals surface area contributed by atoms with Gasteiger partial charge in [0.05, 0.1) is 5.02 Å². The van der Waals surface area contributed by atoms with Crippen LogP contribution in [0.4, 0.5) is 0 Å². The summed E-state index contributed by atoms with van der Waals surface area (Å²) in [6.45, 7) is 7.48. The molecule has 0 aliphatic heterocycles. The minimum Gasteiger partial charge on any atom is -0.359 e. The standard InChI is InChI=1S/C10H15BrCl2N2O2Si/c1-18(2,3)5-4-17-6-15-10(16)7(11)8(12)9(13)14-15/h4-6H2,1-3H3. The summed E-state index contributed by atoms with van der Waals surface area (Å²) in [6.07, 6.45) is 0. The smallest absolute Gasteiger partial charge is 0.284 e. The molecule has 0 aromatic carbocycles. The van der Waals surface area contributed by atoms with Gasteiger partial charge in [-0.3, -0.25) is 4.79 Å². The van der Waals surface area contributed by atoms with E-state index in [0.29, 0.717) is 6.61 Å². The zero-order chi connectivity index (χ0) is 13.9. The van der Waals surface area contributed by atoms with E-state index in [9.17, 15) is 4.79 Å². The summed E-state index contributed by atoms with van der Waals surface area (Å²) in [4.78, 5) is 11.8. The van der Waals surface area contributed by atoms with Crippen molar-refractivity contribution >= 4 is 47.2 Å². The van der Waals surface area contributed by atoms with E-state index < -0.39 is 8.07 Å². The van der Waals surface area contributed by atoms with Gasteiger partial charge in [0.25, 0.3) is 5.56 Å². The second-order valence-corrected chi connectivity index (χ2v) is 12.2. The van der Waals surface area contributed by atoms with E-state index in [1.165, 1.54) is 0 Å². The minimum absolute atomic E-state index is 0.0805. The van der Waals surface area contributed by atoms with Crippen LogP contribution in [-0.2, 0) is 11.5 Å². The zero-order valence-electron chi connectivity index (χ0n) is 10.5. The lowest BCUT2D eigenvalue weighted by Gasteiger charge is -2.15. The molecule has 1 heterocycles. The van der Waals surface area contributed by atoms with Gasteiger partial charge in [-0.25, -0.2) is 4.68 Å². The molecule has 0 bridgehead atoms. The van der Waals surface area contributed by atoms with Crippen LogP contribution in [-0.4, -0.2) is 24.5 Å². The first-order valence-electron chi connectivity index (χ1n) is 5.42. The summed E-state index contributed by atoms with van der Waals surface area (Å²) >= 11 is 14.7. The third-order valence-electron chi connectivity index (χ3n) is 2.21. The summed E-state index contributed by atoms with van der Waals surface area (Å²) < 4.78 is 6.80. The molecule has 0 fully saturated rings. The van der Waals surface area contributed by atoms with Crippen LogP contribution in [0.5, 0.6) is 0 Å². The SMILES string of the molecule is C[Si](C)(C)CCOCn1nc(Cl)c(Cl)c(Br)c1=O. The molecule has 0 amide bonds. The van der Waals surface area contributed by atoms with Crippen LogP contribution in [0.15, 0.2) is 9.27 Å². The van der Waals surface area contributed by atoms with Crippen LogP contribution in [0.2, 0.25) is 35.9 Å². The van der Waals surface area contributed by atoms with Crippen LogP contribution in [0.1, 0.15) is 0 Å². The highest BCUT2D eigenvalue weighted by Crippen LogP contribution is 2.24. The maximum atomic E-state index is 11.8. The number of rotatable bonds is 5. The molecule has 1 aromatic rings. The van der Waals surface area contributed by atoms with Gasteiger partial charge < -0.3 is 4.74 Å². The quantitative estimate of drug-likeness (QED) is 0.584. The first-order chi connectivity index (χ1) is 8.22. The molecule has 0 N–H and O–H groups in total. The lowest BCUT2D eigenvalue weighted by Crippen LogP contribution is -2.27. The monoisotopic (exact) mass is 372 g/mol. The summed E-state index contributed by atoms with van der Waals surface area (Å²) in [7, 11) is -1.13. The lowest BCUT2D eigenvalue weighted by molar-refractivity contribution is 0.0748. The Kier molecular flexibility index (Phi) is 5.86. The highest BCUT2D eigenvalue weighted by atomic mass is 79.9. The summed E-state index contributed by atoms with van der Waals surface area (Å²) in [5.41, 5.74) is -0.350. The molecule has 102 valence electrons. The van der Waals surface area contributed by atoms with Crippen LogP contribution in [0, 0.1) is 0 Å². The first kappa shape index (κ1) is 16.2. The van der Waals surface area contributed by atoms with Crippen molar-refractivity contribution < 1.29 is 4.74 Å². The van der Waals surface area contributed by atoms with Gasteiger partial charge in [0, 0.05) is 14.7 Å². The van der Waals surface area contributed by atoms with Crippen molar-refractivity contribution in [2.75, 3.05) is 6.61 Å². The van der Waals surface area contributed by atoms with E-state index in [1.807, 2.05) is 0 Å². The Balaban J connectivity index is 2.67. The molecule has 0 saturated carbocycles. The minimum atomic E-state index is -1.13. The van der Waals surface area contributed by atoms with E-state index in [0.717, 1.165) is 10.7 Å². The fourth-order valence-electron chi connectivity index (χ4n) is 1.11. The second-order valence-electron chi connectivity index (χ2n) is 5.07. The predicted octanol–water partition coefficient (Wildman–Crippen LogP) is 3.62. The molecule has 0 atom stereocenters. The molecule has 8 heteroatoms. The summed E-state index contributed by atoms with van der Waals surface area (Å²) in [6, 6.07) is 1.03. The second kappa shape index (κ2) is 6.52. The van der Waals surface area contributed by atoms with Crippen molar-refractivity contribution in [1.29, 1.82) is 0 Å². The summed E-state index contributed by atoms with van der Waals surface area (Å²) in [5.74, 6) is 0. The van der Waals surface area contributed by atoms with Crippen LogP contribution >= 0.6 is 39.1 Å². The van der Waals surface area contributed by atoms with Crippen molar-refractivity contribution in [3.63, 3.8) is 0 Å². The molecular weight excluding hydrogens is 359 g/mol. The molecule has 0 unspecified atom stereocenters. The molecule has 0 saturated heterocycles. The molecule has 18 heavy (non-hydrogen) atoms. The third kappa shape index (κ3) is 4.66. The van der Waals surface area contributed by atoms with E-state index in [1.54, 1.807) is 0 Å². The number of hydrogen-bond acceptors (Lipinski definition) is 3. The van der Waals surface area contributed by atoms with Crippen LogP contribution in [0.25, 0.3) is 0 Å². The molecule has 0 aliphatic rings. The average molecular weight is 374 g/mol. The van der Waals surface area contributed by atoms with Gasteiger partial charge in [0.2, 0.25) is 0 Å².